The van der Waals surface area contributed by atoms with Crippen molar-refractivity contribution in [3.8, 4) is 0 Å². The normalized spacial score (nSPS) is 26.4. The molecule has 0 saturated carbocycles. The Kier molecular flexibility index (Phi) is 5.35. The lowest BCUT2D eigenvalue weighted by Gasteiger charge is -2.18. The highest BCUT2D eigenvalue weighted by molar-refractivity contribution is 8.00. The van der Waals surface area contributed by atoms with E-state index in [-0.39, 0.29) is 6.04 Å². The molecule has 0 aromatic heterocycles. The van der Waals surface area contributed by atoms with E-state index in [2.05, 4.69) is 32.2 Å². The smallest absolute Gasteiger partial charge is 0.321 e. The highest BCUT2D eigenvalue weighted by Crippen LogP contribution is 2.27. The Morgan fingerprint density at radius 1 is 1.62 bits per heavy atom. The van der Waals surface area contributed by atoms with Gasteiger partial charge < -0.3 is 5.11 Å². The number of rotatable bonds is 5. The summed E-state index contributed by atoms with van der Waals surface area (Å²) in [6, 6.07) is -0.360. The summed E-state index contributed by atoms with van der Waals surface area (Å²) in [4.78, 5) is 10.8. The van der Waals surface area contributed by atoms with Gasteiger partial charge in [-0.1, -0.05) is 18.6 Å². The van der Waals surface area contributed by atoms with Crippen molar-refractivity contribution in [3.05, 3.63) is 11.6 Å². The van der Waals surface area contributed by atoms with Crippen LogP contribution >= 0.6 is 11.8 Å². The molecule has 3 nitrogen and oxygen atoms in total. The Morgan fingerprint density at radius 3 is 2.81 bits per heavy atom. The molecule has 1 aliphatic heterocycles. The molecule has 92 valence electrons. The van der Waals surface area contributed by atoms with Crippen LogP contribution in [0.1, 0.15) is 33.6 Å². The van der Waals surface area contributed by atoms with Gasteiger partial charge in [0.25, 0.3) is 0 Å². The lowest BCUT2D eigenvalue weighted by atomic mass is 10.0. The average Bonchev–Trinajstić information content (AvgIpc) is 2.65. The first-order valence-corrected chi connectivity index (χ1v) is 6.79. The third-order valence-electron chi connectivity index (χ3n) is 2.80. The van der Waals surface area contributed by atoms with Crippen molar-refractivity contribution < 1.29 is 9.90 Å². The molecular weight excluding hydrogens is 222 g/mol. The molecule has 16 heavy (non-hydrogen) atoms. The van der Waals surface area contributed by atoms with Crippen molar-refractivity contribution in [2.75, 3.05) is 5.75 Å². The van der Waals surface area contributed by atoms with E-state index in [1.54, 1.807) is 11.8 Å². The van der Waals surface area contributed by atoms with Crippen molar-refractivity contribution in [3.63, 3.8) is 0 Å². The van der Waals surface area contributed by atoms with E-state index in [9.17, 15) is 4.79 Å². The second kappa shape index (κ2) is 6.30. The van der Waals surface area contributed by atoms with Crippen LogP contribution in [0.4, 0.5) is 0 Å². The molecule has 3 unspecified atom stereocenters. The monoisotopic (exact) mass is 243 g/mol. The molecule has 0 spiro atoms. The first-order valence-electron chi connectivity index (χ1n) is 5.74. The topological polar surface area (TPSA) is 49.3 Å². The van der Waals surface area contributed by atoms with Crippen LogP contribution in [0, 0.1) is 5.92 Å². The highest BCUT2D eigenvalue weighted by atomic mass is 32.2. The van der Waals surface area contributed by atoms with Crippen LogP contribution in [0.25, 0.3) is 0 Å². The quantitative estimate of drug-likeness (QED) is 0.728. The van der Waals surface area contributed by atoms with Crippen molar-refractivity contribution in [2.24, 2.45) is 5.92 Å². The van der Waals surface area contributed by atoms with E-state index in [4.69, 9.17) is 5.11 Å². The fourth-order valence-corrected chi connectivity index (χ4v) is 3.12. The van der Waals surface area contributed by atoms with Crippen LogP contribution in [0.5, 0.6) is 0 Å². The van der Waals surface area contributed by atoms with Crippen LogP contribution in [0.2, 0.25) is 0 Å². The zero-order valence-electron chi connectivity index (χ0n) is 10.2. The predicted octanol–water partition coefficient (Wildman–Crippen LogP) is 2.48. The van der Waals surface area contributed by atoms with Gasteiger partial charge in [-0.05, 0) is 32.6 Å². The van der Waals surface area contributed by atoms with E-state index in [1.807, 2.05) is 0 Å². The third-order valence-corrected chi connectivity index (χ3v) is 4.28. The Balaban J connectivity index is 2.31. The Morgan fingerprint density at radius 2 is 2.31 bits per heavy atom. The van der Waals surface area contributed by atoms with Gasteiger partial charge in [0, 0.05) is 5.75 Å². The summed E-state index contributed by atoms with van der Waals surface area (Å²) < 4.78 is 0. The molecule has 1 heterocycles. The van der Waals surface area contributed by atoms with Gasteiger partial charge in [-0.15, -0.1) is 11.8 Å². The maximum absolute atomic E-state index is 10.8. The minimum absolute atomic E-state index is 0.298. The Hall–Kier alpha value is -0.480. The minimum atomic E-state index is -0.730. The van der Waals surface area contributed by atoms with Gasteiger partial charge in [0.15, 0.2) is 0 Å². The van der Waals surface area contributed by atoms with Gasteiger partial charge in [0.1, 0.15) is 6.04 Å². The fourth-order valence-electron chi connectivity index (χ4n) is 1.75. The Labute approximate surface area is 102 Å². The van der Waals surface area contributed by atoms with Gasteiger partial charge in [0.05, 0.1) is 5.37 Å². The molecule has 1 saturated heterocycles. The number of thioether (sulfide) groups is 1. The number of carboxylic acids is 1. The zero-order valence-corrected chi connectivity index (χ0v) is 11.0. The maximum atomic E-state index is 10.8. The third kappa shape index (κ3) is 4.18. The number of hydrogen-bond acceptors (Lipinski definition) is 3. The molecule has 0 radical (unpaired) electrons. The van der Waals surface area contributed by atoms with Crippen molar-refractivity contribution in [1.29, 1.82) is 0 Å². The van der Waals surface area contributed by atoms with E-state index < -0.39 is 5.97 Å². The molecule has 1 rings (SSSR count). The van der Waals surface area contributed by atoms with Gasteiger partial charge in [-0.25, -0.2) is 0 Å². The summed E-state index contributed by atoms with van der Waals surface area (Å²) in [5, 5.41) is 12.3. The number of allylic oxidation sites excluding steroid dienone is 2. The Bertz CT molecular complexity index is 274. The van der Waals surface area contributed by atoms with Crippen LogP contribution < -0.4 is 5.32 Å². The second-order valence-electron chi connectivity index (χ2n) is 4.65. The summed E-state index contributed by atoms with van der Waals surface area (Å²) in [6.07, 6.45) is 4.44. The fraction of sp³-hybridized carbons (Fsp3) is 0.750. The summed E-state index contributed by atoms with van der Waals surface area (Å²) in [5.41, 5.74) is 1.35. The summed E-state index contributed by atoms with van der Waals surface area (Å²) in [5.74, 6) is 0.476. The molecule has 4 heteroatoms. The number of carboxylic acid groups (broad SMARTS) is 1. The van der Waals surface area contributed by atoms with Crippen LogP contribution in [0.3, 0.4) is 0 Å². The molecule has 0 amide bonds. The van der Waals surface area contributed by atoms with E-state index in [0.29, 0.717) is 17.0 Å². The lowest BCUT2D eigenvalue weighted by Crippen LogP contribution is -2.38. The summed E-state index contributed by atoms with van der Waals surface area (Å²) in [7, 11) is 0. The second-order valence-corrected chi connectivity index (χ2v) is 5.82. The van der Waals surface area contributed by atoms with Gasteiger partial charge in [-0.2, -0.15) is 0 Å². The standard InChI is InChI=1S/C12H21NO2S/c1-8(2)5-4-6-9(3)11-13-10(7-16-11)12(14)15/h5,9-11,13H,4,6-7H2,1-3H3,(H,14,15). The SMILES string of the molecule is CC(C)=CCCC(C)C1NC(C(=O)O)CS1. The van der Waals surface area contributed by atoms with E-state index in [0.717, 1.165) is 12.8 Å². The molecule has 2 N–H and O–H groups in total. The largest absolute Gasteiger partial charge is 0.480 e. The van der Waals surface area contributed by atoms with Gasteiger partial charge in [-0.3, -0.25) is 10.1 Å². The van der Waals surface area contributed by atoms with Crippen molar-refractivity contribution >= 4 is 17.7 Å². The van der Waals surface area contributed by atoms with Crippen LogP contribution in [-0.2, 0) is 4.79 Å². The number of carbonyl (C=O) groups is 1. The lowest BCUT2D eigenvalue weighted by molar-refractivity contribution is -0.138. The minimum Gasteiger partial charge on any atom is -0.480 e. The number of nitrogens with one attached hydrogen (secondary N) is 1. The molecule has 0 bridgehead atoms. The number of hydrogen-bond donors (Lipinski definition) is 2. The van der Waals surface area contributed by atoms with Crippen molar-refractivity contribution in [1.82, 2.24) is 5.32 Å². The molecular formula is C12H21NO2S. The number of aliphatic carboxylic acids is 1. The van der Waals surface area contributed by atoms with Crippen LogP contribution in [-0.4, -0.2) is 28.2 Å². The zero-order chi connectivity index (χ0) is 12.1. The van der Waals surface area contributed by atoms with Gasteiger partial charge in [0.2, 0.25) is 0 Å². The first kappa shape index (κ1) is 13.6. The molecule has 1 fully saturated rings. The predicted molar refractivity (Wildman–Crippen MR) is 68.6 cm³/mol. The average molecular weight is 243 g/mol. The maximum Gasteiger partial charge on any atom is 0.321 e. The molecule has 1 aliphatic rings. The highest BCUT2D eigenvalue weighted by Gasteiger charge is 2.31. The summed E-state index contributed by atoms with van der Waals surface area (Å²) in [6.45, 7) is 6.40. The van der Waals surface area contributed by atoms with E-state index >= 15 is 0 Å². The molecule has 0 aromatic carbocycles. The summed E-state index contributed by atoms with van der Waals surface area (Å²) >= 11 is 1.73. The van der Waals surface area contributed by atoms with Gasteiger partial charge >= 0.3 is 5.97 Å². The molecule has 3 atom stereocenters. The molecule has 0 aliphatic carbocycles. The van der Waals surface area contributed by atoms with E-state index in [1.165, 1.54) is 5.57 Å². The van der Waals surface area contributed by atoms with Crippen molar-refractivity contribution in [2.45, 2.75) is 45.0 Å². The first-order chi connectivity index (χ1) is 7.50. The van der Waals surface area contributed by atoms with Crippen LogP contribution in [0.15, 0.2) is 11.6 Å². The molecule has 0 aromatic rings.